The quantitative estimate of drug-likeness (QED) is 0.205. The molecule has 0 spiro atoms. The molecule has 3 aliphatic heterocycles. The fourth-order valence-corrected chi connectivity index (χ4v) is 5.85. The minimum absolute atomic E-state index is 0.206. The largest absolute Gasteiger partial charge is 0.488 e. The van der Waals surface area contributed by atoms with E-state index in [0.717, 1.165) is 37.6 Å². The van der Waals surface area contributed by atoms with Crippen LogP contribution in [-0.2, 0) is 9.53 Å². The second-order valence-electron chi connectivity index (χ2n) is 10.3. The van der Waals surface area contributed by atoms with Crippen LogP contribution in [-0.4, -0.2) is 73.5 Å². The van der Waals surface area contributed by atoms with Crippen LogP contribution in [0.25, 0.3) is 0 Å². The molecule has 3 fully saturated rings. The van der Waals surface area contributed by atoms with E-state index in [4.69, 9.17) is 20.6 Å². The SMILES string of the molecule is CC(c1ccsc1)N1CCCC1.N=C(c1ccc(OC2CN(C3COC3)C2)cc1)c1cc(NC=O)ccc1N. The number of ether oxygens (including phenoxy) is 2. The molecule has 1 unspecified atom stereocenters. The van der Waals surface area contributed by atoms with Crippen LogP contribution in [0.2, 0.25) is 0 Å². The molecule has 6 rings (SSSR count). The van der Waals surface area contributed by atoms with Gasteiger partial charge in [0.1, 0.15) is 11.9 Å². The van der Waals surface area contributed by atoms with Gasteiger partial charge in [0.25, 0.3) is 0 Å². The molecule has 39 heavy (non-hydrogen) atoms. The number of carbonyl (C=O) groups excluding carboxylic acids is 1. The van der Waals surface area contributed by atoms with Gasteiger partial charge in [0.05, 0.1) is 25.0 Å². The van der Waals surface area contributed by atoms with Gasteiger partial charge in [0, 0.05) is 41.6 Å². The van der Waals surface area contributed by atoms with E-state index in [1.807, 2.05) is 24.3 Å². The summed E-state index contributed by atoms with van der Waals surface area (Å²) in [6.07, 6.45) is 3.57. The Morgan fingerprint density at radius 3 is 2.51 bits per heavy atom. The lowest BCUT2D eigenvalue weighted by Gasteiger charge is -2.46. The number of anilines is 2. The van der Waals surface area contributed by atoms with Crippen LogP contribution >= 0.6 is 11.3 Å². The number of thiophene rings is 1. The first kappa shape index (κ1) is 27.3. The van der Waals surface area contributed by atoms with Gasteiger partial charge in [-0.05, 0) is 97.7 Å². The van der Waals surface area contributed by atoms with Gasteiger partial charge in [-0.2, -0.15) is 11.3 Å². The van der Waals surface area contributed by atoms with E-state index in [9.17, 15) is 4.79 Å². The van der Waals surface area contributed by atoms with Gasteiger partial charge in [-0.25, -0.2) is 0 Å². The Labute approximate surface area is 234 Å². The van der Waals surface area contributed by atoms with E-state index in [1.54, 1.807) is 29.5 Å². The Morgan fingerprint density at radius 1 is 1.15 bits per heavy atom. The molecule has 4 N–H and O–H groups in total. The highest BCUT2D eigenvalue weighted by Crippen LogP contribution is 2.27. The number of nitrogens with one attached hydrogen (secondary N) is 2. The van der Waals surface area contributed by atoms with Gasteiger partial charge in [0.2, 0.25) is 6.41 Å². The van der Waals surface area contributed by atoms with Crippen molar-refractivity contribution < 1.29 is 14.3 Å². The van der Waals surface area contributed by atoms with E-state index < -0.39 is 0 Å². The molecule has 0 radical (unpaired) electrons. The van der Waals surface area contributed by atoms with Crippen molar-refractivity contribution in [1.29, 1.82) is 5.41 Å². The van der Waals surface area contributed by atoms with Crippen LogP contribution in [0.4, 0.5) is 11.4 Å². The first-order valence-electron chi connectivity index (χ1n) is 13.6. The second-order valence-corrected chi connectivity index (χ2v) is 11.1. The number of nitrogens with zero attached hydrogens (tertiary/aromatic N) is 2. The highest BCUT2D eigenvalue weighted by atomic mass is 32.1. The van der Waals surface area contributed by atoms with Gasteiger partial charge in [-0.15, -0.1) is 0 Å². The molecule has 1 aromatic heterocycles. The van der Waals surface area contributed by atoms with Crippen molar-refractivity contribution in [2.75, 3.05) is 50.4 Å². The lowest BCUT2D eigenvalue weighted by molar-refractivity contribution is -0.115. The topological polar surface area (TPSA) is 104 Å². The lowest BCUT2D eigenvalue weighted by atomic mass is 10.00. The summed E-state index contributed by atoms with van der Waals surface area (Å²) >= 11 is 1.80. The predicted molar refractivity (Wildman–Crippen MR) is 157 cm³/mol. The highest BCUT2D eigenvalue weighted by molar-refractivity contribution is 7.08. The third kappa shape index (κ3) is 6.67. The van der Waals surface area contributed by atoms with Crippen molar-refractivity contribution in [2.45, 2.75) is 38.0 Å². The monoisotopic (exact) mass is 547 g/mol. The molecule has 2 aromatic carbocycles. The van der Waals surface area contributed by atoms with Gasteiger partial charge in [-0.1, -0.05) is 0 Å². The summed E-state index contributed by atoms with van der Waals surface area (Å²) in [5.41, 5.74) is 10.2. The second kappa shape index (κ2) is 12.7. The third-order valence-electron chi connectivity index (χ3n) is 7.72. The van der Waals surface area contributed by atoms with E-state index in [-0.39, 0.29) is 6.10 Å². The maximum absolute atomic E-state index is 10.6. The number of carbonyl (C=O) groups is 1. The van der Waals surface area contributed by atoms with E-state index >= 15 is 0 Å². The molecule has 206 valence electrons. The number of likely N-dealkylation sites (tertiary alicyclic amines) is 2. The summed E-state index contributed by atoms with van der Waals surface area (Å²) < 4.78 is 11.2. The van der Waals surface area contributed by atoms with Crippen LogP contribution in [0, 0.1) is 5.41 Å². The smallest absolute Gasteiger partial charge is 0.211 e. The molecule has 9 heteroatoms. The number of nitrogen functional groups attached to an aromatic ring is 1. The van der Waals surface area contributed by atoms with E-state index in [1.165, 1.54) is 31.5 Å². The number of nitrogens with two attached hydrogens (primary N) is 1. The average molecular weight is 548 g/mol. The van der Waals surface area contributed by atoms with Gasteiger partial charge in [0.15, 0.2) is 0 Å². The zero-order chi connectivity index (χ0) is 27.2. The van der Waals surface area contributed by atoms with E-state index in [2.05, 4.69) is 38.9 Å². The summed E-state index contributed by atoms with van der Waals surface area (Å²) in [5.74, 6) is 0.797. The number of hydrogen-bond donors (Lipinski definition) is 3. The van der Waals surface area contributed by atoms with Crippen LogP contribution in [0.15, 0.2) is 59.3 Å². The normalized spacial score (nSPS) is 18.8. The van der Waals surface area contributed by atoms with Gasteiger partial charge >= 0.3 is 0 Å². The Balaban J connectivity index is 0.000000214. The zero-order valence-corrected chi connectivity index (χ0v) is 23.2. The molecule has 0 bridgehead atoms. The van der Waals surface area contributed by atoms with Crippen molar-refractivity contribution >= 4 is 34.8 Å². The van der Waals surface area contributed by atoms with Crippen LogP contribution < -0.4 is 15.8 Å². The van der Waals surface area contributed by atoms with Crippen molar-refractivity contribution in [3.63, 3.8) is 0 Å². The summed E-state index contributed by atoms with van der Waals surface area (Å²) in [6.45, 7) is 8.41. The Kier molecular flexibility index (Phi) is 8.93. The average Bonchev–Trinajstić information content (AvgIpc) is 3.63. The standard InChI is InChI=1S/C20H22N4O3.C10H15NS/c21-19-6-3-14(23-12-25)7-18(19)20(22)13-1-4-16(5-2-13)27-17-8-24(9-17)15-10-26-11-15;1-9(10-4-7-12-8-10)11-5-2-3-6-11/h1-7,12,15,17,22H,8-11,21H2,(H,23,25);4,7-9H,2-3,5-6H2,1H3. The Bertz CT molecular complexity index is 1230. The minimum atomic E-state index is 0.206. The predicted octanol–water partition coefficient (Wildman–Crippen LogP) is 4.62. The van der Waals surface area contributed by atoms with Crippen molar-refractivity contribution in [1.82, 2.24) is 9.80 Å². The summed E-state index contributed by atoms with van der Waals surface area (Å²) in [7, 11) is 0. The number of rotatable bonds is 9. The first-order chi connectivity index (χ1) is 19.0. The molecule has 4 heterocycles. The number of amides is 1. The van der Waals surface area contributed by atoms with E-state index in [0.29, 0.717) is 41.1 Å². The molecule has 1 amide bonds. The maximum atomic E-state index is 10.6. The molecule has 3 aliphatic rings. The van der Waals surface area contributed by atoms with Crippen LogP contribution in [0.5, 0.6) is 5.75 Å². The fraction of sp³-hybridized carbons (Fsp3) is 0.400. The molecule has 0 saturated carbocycles. The van der Waals surface area contributed by atoms with Crippen molar-refractivity contribution in [2.24, 2.45) is 0 Å². The molecular weight excluding hydrogens is 510 g/mol. The molecule has 1 atom stereocenters. The number of hydrogen-bond acceptors (Lipinski definition) is 8. The Hall–Kier alpha value is -3.24. The summed E-state index contributed by atoms with van der Waals surface area (Å²) in [4.78, 5) is 15.6. The van der Waals surface area contributed by atoms with Crippen LogP contribution in [0.3, 0.4) is 0 Å². The van der Waals surface area contributed by atoms with Gasteiger partial charge in [-0.3, -0.25) is 20.0 Å². The molecule has 3 aromatic rings. The van der Waals surface area contributed by atoms with Gasteiger partial charge < -0.3 is 20.5 Å². The lowest BCUT2D eigenvalue weighted by Crippen LogP contribution is -2.62. The molecule has 0 aliphatic carbocycles. The highest BCUT2D eigenvalue weighted by Gasteiger charge is 2.37. The molecule has 3 saturated heterocycles. The van der Waals surface area contributed by atoms with Crippen molar-refractivity contribution in [3.05, 3.63) is 76.0 Å². The third-order valence-corrected chi connectivity index (χ3v) is 8.42. The Morgan fingerprint density at radius 2 is 1.90 bits per heavy atom. The fourth-order valence-electron chi connectivity index (χ4n) is 5.11. The van der Waals surface area contributed by atoms with Crippen molar-refractivity contribution in [3.8, 4) is 5.75 Å². The first-order valence-corrected chi connectivity index (χ1v) is 14.5. The molecular formula is C30H37N5O3S. The minimum Gasteiger partial charge on any atom is -0.488 e. The summed E-state index contributed by atoms with van der Waals surface area (Å²) in [5, 5.41) is 15.5. The molecule has 8 nitrogen and oxygen atoms in total. The maximum Gasteiger partial charge on any atom is 0.211 e. The summed E-state index contributed by atoms with van der Waals surface area (Å²) in [6, 6.07) is 16.0. The van der Waals surface area contributed by atoms with Crippen LogP contribution in [0.1, 0.15) is 42.5 Å². The zero-order valence-electron chi connectivity index (χ0n) is 22.3. The number of benzene rings is 2.